The molecule has 0 radical (unpaired) electrons. The fourth-order valence-electron chi connectivity index (χ4n) is 4.21. The Labute approximate surface area is 223 Å². The number of carbonyl (C=O) groups excluding carboxylic acids is 4. The van der Waals surface area contributed by atoms with Crippen LogP contribution in [0.1, 0.15) is 35.3 Å². The number of thioether (sulfide) groups is 1. The molecule has 2 aromatic rings. The molecule has 4 amide bonds. The summed E-state index contributed by atoms with van der Waals surface area (Å²) in [5, 5.41) is 2.25. The average Bonchev–Trinajstić information content (AvgIpc) is 3.13. The number of carbonyl (C=O) groups is 4. The van der Waals surface area contributed by atoms with Gasteiger partial charge in [-0.15, -0.1) is 0 Å². The van der Waals surface area contributed by atoms with E-state index in [1.165, 1.54) is 12.1 Å². The van der Waals surface area contributed by atoms with Crippen molar-refractivity contribution in [3.63, 3.8) is 0 Å². The first-order valence-electron chi connectivity index (χ1n) is 12.2. The Kier molecular flexibility index (Phi) is 8.58. The molecule has 38 heavy (non-hydrogen) atoms. The van der Waals surface area contributed by atoms with Crippen molar-refractivity contribution in [1.29, 1.82) is 0 Å². The summed E-state index contributed by atoms with van der Waals surface area (Å²) in [5.74, 6) is -2.46. The molecule has 0 atom stereocenters. The smallest absolute Gasteiger partial charge is 0.293 e. The third-order valence-corrected chi connectivity index (χ3v) is 7.09. The molecule has 8 nitrogen and oxygen atoms in total. The zero-order chi connectivity index (χ0) is 27.4. The van der Waals surface area contributed by atoms with E-state index in [9.17, 15) is 28.0 Å². The van der Waals surface area contributed by atoms with Gasteiger partial charge < -0.3 is 10.2 Å². The normalized spacial score (nSPS) is 17.6. The van der Waals surface area contributed by atoms with Crippen molar-refractivity contribution in [1.82, 2.24) is 20.0 Å². The first-order chi connectivity index (χ1) is 18.1. The van der Waals surface area contributed by atoms with Crippen molar-refractivity contribution >= 4 is 40.8 Å². The van der Waals surface area contributed by atoms with E-state index in [0.717, 1.165) is 17.0 Å². The molecule has 0 aliphatic carbocycles. The topological polar surface area (TPSA) is 90.0 Å². The Balaban J connectivity index is 1.35. The van der Waals surface area contributed by atoms with Gasteiger partial charge in [0.05, 0.1) is 18.0 Å². The first kappa shape index (κ1) is 27.5. The van der Waals surface area contributed by atoms with Gasteiger partial charge in [0.15, 0.2) is 0 Å². The molecule has 0 bridgehead atoms. The van der Waals surface area contributed by atoms with Crippen LogP contribution in [0, 0.1) is 11.6 Å². The summed E-state index contributed by atoms with van der Waals surface area (Å²) in [6.07, 6.45) is 1.51. The molecule has 0 spiro atoms. The quantitative estimate of drug-likeness (QED) is 0.539. The summed E-state index contributed by atoms with van der Waals surface area (Å²) < 4.78 is 28.0. The molecule has 2 fully saturated rings. The number of imide groups is 1. The van der Waals surface area contributed by atoms with E-state index >= 15 is 0 Å². The highest BCUT2D eigenvalue weighted by atomic mass is 32.2. The van der Waals surface area contributed by atoms with Crippen LogP contribution in [0.3, 0.4) is 0 Å². The number of nitrogens with one attached hydrogen (secondary N) is 1. The monoisotopic (exact) mass is 542 g/mol. The molecular weight excluding hydrogens is 514 g/mol. The number of halogens is 2. The van der Waals surface area contributed by atoms with E-state index in [2.05, 4.69) is 5.32 Å². The number of hydrogen-bond acceptors (Lipinski definition) is 6. The van der Waals surface area contributed by atoms with Crippen LogP contribution in [0.25, 0.3) is 6.08 Å². The molecule has 0 unspecified atom stereocenters. The van der Waals surface area contributed by atoms with Crippen LogP contribution < -0.4 is 5.32 Å². The van der Waals surface area contributed by atoms with E-state index in [0.29, 0.717) is 55.6 Å². The summed E-state index contributed by atoms with van der Waals surface area (Å²) in [6.45, 7) is 5.83. The minimum Gasteiger partial charge on any atom is -0.353 e. The molecule has 0 aromatic heterocycles. The minimum absolute atomic E-state index is 0.0346. The lowest BCUT2D eigenvalue weighted by Gasteiger charge is -2.34. The number of benzene rings is 2. The zero-order valence-electron chi connectivity index (χ0n) is 21.1. The molecule has 2 aliphatic heterocycles. The van der Waals surface area contributed by atoms with Crippen LogP contribution in [-0.2, 0) is 16.1 Å². The lowest BCUT2D eigenvalue weighted by atomic mass is 10.1. The predicted octanol–water partition coefficient (Wildman–Crippen LogP) is 3.48. The Morgan fingerprint density at radius 3 is 2.24 bits per heavy atom. The van der Waals surface area contributed by atoms with E-state index in [1.807, 2.05) is 18.7 Å². The van der Waals surface area contributed by atoms with Crippen molar-refractivity contribution in [2.75, 3.05) is 32.7 Å². The van der Waals surface area contributed by atoms with Gasteiger partial charge in [-0.25, -0.2) is 8.78 Å². The van der Waals surface area contributed by atoms with Crippen molar-refractivity contribution in [2.24, 2.45) is 0 Å². The van der Waals surface area contributed by atoms with Crippen LogP contribution in [0.15, 0.2) is 47.4 Å². The molecule has 2 aliphatic rings. The van der Waals surface area contributed by atoms with Gasteiger partial charge in [-0.05, 0) is 61.5 Å². The number of nitrogens with zero attached hydrogens (tertiary/aromatic N) is 3. The second-order valence-electron chi connectivity index (χ2n) is 9.38. The largest absolute Gasteiger partial charge is 0.353 e. The van der Waals surface area contributed by atoms with Crippen LogP contribution in [-0.4, -0.2) is 76.4 Å². The van der Waals surface area contributed by atoms with Gasteiger partial charge in [0, 0.05) is 43.3 Å². The van der Waals surface area contributed by atoms with E-state index in [4.69, 9.17) is 0 Å². The van der Waals surface area contributed by atoms with Crippen molar-refractivity contribution < 1.29 is 28.0 Å². The van der Waals surface area contributed by atoms with Crippen LogP contribution in [0.4, 0.5) is 13.6 Å². The van der Waals surface area contributed by atoms with Crippen molar-refractivity contribution in [3.8, 4) is 0 Å². The second kappa shape index (κ2) is 11.9. The fourth-order valence-corrected chi connectivity index (χ4v) is 5.05. The predicted molar refractivity (Wildman–Crippen MR) is 140 cm³/mol. The molecule has 200 valence electrons. The fraction of sp³-hybridized carbons (Fsp3) is 0.333. The maximum Gasteiger partial charge on any atom is 0.293 e. The molecule has 4 rings (SSSR count). The number of amides is 4. The molecule has 2 heterocycles. The summed E-state index contributed by atoms with van der Waals surface area (Å²) in [5.41, 5.74) is 0.736. The number of rotatable bonds is 7. The SMILES string of the molecule is CC(C)NC(=O)CN1CCN(C(=O)c2ccc(/C=C3\SC(=O)N(Cc4c(F)cccc4F)C3=O)cc2)CC1. The summed E-state index contributed by atoms with van der Waals surface area (Å²) in [4.78, 5) is 54.7. The second-order valence-corrected chi connectivity index (χ2v) is 10.4. The van der Waals surface area contributed by atoms with Crippen LogP contribution >= 0.6 is 11.8 Å². The summed E-state index contributed by atoms with van der Waals surface area (Å²) >= 11 is 0.694. The molecule has 11 heteroatoms. The third kappa shape index (κ3) is 6.46. The standard InChI is InChI=1S/C27H28F2N4O4S/c1-17(2)30-24(34)16-31-10-12-32(13-11-31)25(35)19-8-6-18(7-9-19)14-23-26(36)33(27(37)38-23)15-20-21(28)4-3-5-22(20)29/h3-9,14,17H,10-13,15-16H2,1-2H3,(H,30,34)/b23-14-. The van der Waals surface area contributed by atoms with E-state index in [1.54, 1.807) is 29.2 Å². The van der Waals surface area contributed by atoms with Gasteiger partial charge in [-0.2, -0.15) is 0 Å². The van der Waals surface area contributed by atoms with Crippen LogP contribution in [0.2, 0.25) is 0 Å². The van der Waals surface area contributed by atoms with E-state index in [-0.39, 0.29) is 28.3 Å². The average molecular weight is 543 g/mol. The Morgan fingerprint density at radius 2 is 1.63 bits per heavy atom. The summed E-state index contributed by atoms with van der Waals surface area (Å²) in [7, 11) is 0. The molecule has 0 saturated carbocycles. The Bertz CT molecular complexity index is 1250. The van der Waals surface area contributed by atoms with Gasteiger partial charge in [-0.3, -0.25) is 29.0 Å². The van der Waals surface area contributed by atoms with Gasteiger partial charge in [-0.1, -0.05) is 18.2 Å². The highest BCUT2D eigenvalue weighted by Gasteiger charge is 2.36. The lowest BCUT2D eigenvalue weighted by molar-refractivity contribution is -0.124. The van der Waals surface area contributed by atoms with Gasteiger partial charge in [0.1, 0.15) is 11.6 Å². The highest BCUT2D eigenvalue weighted by Crippen LogP contribution is 2.34. The maximum absolute atomic E-state index is 14.0. The van der Waals surface area contributed by atoms with E-state index < -0.39 is 29.3 Å². The lowest BCUT2D eigenvalue weighted by Crippen LogP contribution is -2.51. The minimum atomic E-state index is -0.827. The Hall–Kier alpha value is -3.57. The maximum atomic E-state index is 14.0. The Morgan fingerprint density at radius 1 is 1.00 bits per heavy atom. The van der Waals surface area contributed by atoms with Crippen molar-refractivity contribution in [3.05, 3.63) is 75.7 Å². The number of hydrogen-bond donors (Lipinski definition) is 1. The zero-order valence-corrected chi connectivity index (χ0v) is 21.9. The van der Waals surface area contributed by atoms with Gasteiger partial charge in [0.25, 0.3) is 17.1 Å². The number of piperazine rings is 1. The van der Waals surface area contributed by atoms with Gasteiger partial charge >= 0.3 is 0 Å². The molecule has 2 saturated heterocycles. The first-order valence-corrected chi connectivity index (χ1v) is 13.0. The third-order valence-electron chi connectivity index (χ3n) is 6.18. The molecule has 2 aromatic carbocycles. The highest BCUT2D eigenvalue weighted by molar-refractivity contribution is 8.18. The molecule has 1 N–H and O–H groups in total. The van der Waals surface area contributed by atoms with Gasteiger partial charge in [0.2, 0.25) is 5.91 Å². The van der Waals surface area contributed by atoms with Crippen molar-refractivity contribution in [2.45, 2.75) is 26.4 Å². The molecular formula is C27H28F2N4O4S. The summed E-state index contributed by atoms with van der Waals surface area (Å²) in [6, 6.07) is 10.1. The van der Waals surface area contributed by atoms with Crippen LogP contribution in [0.5, 0.6) is 0 Å².